The molecule has 6 nitrogen and oxygen atoms in total. The van der Waals surface area contributed by atoms with Crippen molar-refractivity contribution in [2.75, 3.05) is 18.9 Å². The molecule has 0 amide bonds. The van der Waals surface area contributed by atoms with E-state index >= 15 is 0 Å². The zero-order valence-corrected chi connectivity index (χ0v) is 12.6. The molecule has 0 saturated carbocycles. The molecule has 2 aromatic rings. The molecule has 0 saturated heterocycles. The van der Waals surface area contributed by atoms with E-state index in [1.807, 2.05) is 0 Å². The maximum atomic E-state index is 12.5. The molecule has 0 aliphatic carbocycles. The van der Waals surface area contributed by atoms with Gasteiger partial charge in [-0.25, -0.2) is 8.42 Å². The van der Waals surface area contributed by atoms with Crippen molar-refractivity contribution in [3.63, 3.8) is 0 Å². The Balaban J connectivity index is 2.41. The Morgan fingerprint density at radius 1 is 1.14 bits per heavy atom. The number of nitrogens with two attached hydrogens (primary N) is 2. The number of sulfone groups is 1. The van der Waals surface area contributed by atoms with Gasteiger partial charge in [0, 0.05) is 17.8 Å². The maximum Gasteiger partial charge on any atom is 0.223 e. The molecule has 116 valence electrons. The van der Waals surface area contributed by atoms with E-state index < -0.39 is 14.9 Å². The maximum absolute atomic E-state index is 12.5. The molecule has 0 radical (unpaired) electrons. The zero-order valence-electron chi connectivity index (χ0n) is 11.8. The van der Waals surface area contributed by atoms with E-state index in [0.29, 0.717) is 18.9 Å². The highest BCUT2D eigenvalue weighted by Gasteiger charge is 2.24. The Labute approximate surface area is 129 Å². The van der Waals surface area contributed by atoms with Crippen LogP contribution in [0.25, 0.3) is 0 Å². The number of benzene rings is 2. The van der Waals surface area contributed by atoms with Crippen molar-refractivity contribution >= 4 is 20.6 Å². The molecule has 0 atom stereocenters. The highest BCUT2D eigenvalue weighted by molar-refractivity contribution is 8.06. The minimum atomic E-state index is -3.93. The van der Waals surface area contributed by atoms with Gasteiger partial charge in [-0.05, 0) is 30.3 Å². The molecule has 0 heterocycles. The second kappa shape index (κ2) is 6.59. The summed E-state index contributed by atoms with van der Waals surface area (Å²) < 4.78 is 30.3. The summed E-state index contributed by atoms with van der Waals surface area (Å²) in [6.45, 7) is 0.627. The standard InChI is InChI=1S/C15H17N3O3S/c16-8-9-21-11-6-7-14(17)13(10-11)15(18)22(19,20)12-4-2-1-3-5-12/h1-7,10,18H,8-9,16-17H2. The van der Waals surface area contributed by atoms with E-state index in [2.05, 4.69) is 0 Å². The van der Waals surface area contributed by atoms with Crippen LogP contribution in [0.15, 0.2) is 53.4 Å². The molecule has 0 aliphatic rings. The van der Waals surface area contributed by atoms with Gasteiger partial charge in [0.05, 0.1) is 4.90 Å². The first-order valence-electron chi connectivity index (χ1n) is 6.58. The van der Waals surface area contributed by atoms with Gasteiger partial charge in [0.1, 0.15) is 12.4 Å². The Hall–Kier alpha value is -2.38. The van der Waals surface area contributed by atoms with Crippen molar-refractivity contribution in [3.8, 4) is 5.75 Å². The topological polar surface area (TPSA) is 119 Å². The van der Waals surface area contributed by atoms with Crippen LogP contribution in [0.5, 0.6) is 5.75 Å². The fourth-order valence-electron chi connectivity index (χ4n) is 1.86. The SMILES string of the molecule is N=C(c1cc(OCCN)ccc1N)S(=O)(=O)c1ccccc1. The van der Waals surface area contributed by atoms with Crippen LogP contribution in [-0.2, 0) is 9.84 Å². The second-order valence-corrected chi connectivity index (χ2v) is 6.42. The predicted octanol–water partition coefficient (Wildman–Crippen LogP) is 1.41. The molecule has 2 aromatic carbocycles. The van der Waals surface area contributed by atoms with Crippen LogP contribution in [0, 0.1) is 5.41 Å². The van der Waals surface area contributed by atoms with E-state index in [-0.39, 0.29) is 16.1 Å². The van der Waals surface area contributed by atoms with Crippen molar-refractivity contribution in [2.24, 2.45) is 5.73 Å². The monoisotopic (exact) mass is 319 g/mol. The van der Waals surface area contributed by atoms with Crippen LogP contribution in [0.3, 0.4) is 0 Å². The average molecular weight is 319 g/mol. The Bertz CT molecular complexity index is 774. The van der Waals surface area contributed by atoms with Crippen LogP contribution >= 0.6 is 0 Å². The lowest BCUT2D eigenvalue weighted by Crippen LogP contribution is -2.17. The van der Waals surface area contributed by atoms with Gasteiger partial charge in [-0.15, -0.1) is 0 Å². The average Bonchev–Trinajstić information content (AvgIpc) is 2.54. The first-order valence-corrected chi connectivity index (χ1v) is 8.06. The highest BCUT2D eigenvalue weighted by atomic mass is 32.2. The third kappa shape index (κ3) is 3.26. The van der Waals surface area contributed by atoms with Gasteiger partial charge < -0.3 is 16.2 Å². The minimum Gasteiger partial charge on any atom is -0.492 e. The van der Waals surface area contributed by atoms with E-state index in [1.54, 1.807) is 24.3 Å². The molecule has 0 fully saturated rings. The molecule has 7 heteroatoms. The third-order valence-corrected chi connectivity index (χ3v) is 4.63. The van der Waals surface area contributed by atoms with Crippen LogP contribution < -0.4 is 16.2 Å². The molecule has 0 spiro atoms. The Morgan fingerprint density at radius 2 is 1.82 bits per heavy atom. The quantitative estimate of drug-likeness (QED) is 0.437. The summed E-state index contributed by atoms with van der Waals surface area (Å²) in [5.41, 5.74) is 11.5. The van der Waals surface area contributed by atoms with E-state index in [4.69, 9.17) is 21.6 Å². The van der Waals surface area contributed by atoms with E-state index in [1.165, 1.54) is 24.3 Å². The summed E-state index contributed by atoms with van der Waals surface area (Å²) in [5, 5.41) is 7.48. The minimum absolute atomic E-state index is 0.0488. The van der Waals surface area contributed by atoms with E-state index in [0.717, 1.165) is 0 Å². The summed E-state index contributed by atoms with van der Waals surface area (Å²) in [7, 11) is -3.93. The number of hydrogen-bond acceptors (Lipinski definition) is 6. The van der Waals surface area contributed by atoms with Crippen LogP contribution in [0.1, 0.15) is 5.56 Å². The number of nitrogen functional groups attached to an aromatic ring is 1. The number of hydrogen-bond donors (Lipinski definition) is 3. The highest BCUT2D eigenvalue weighted by Crippen LogP contribution is 2.24. The van der Waals surface area contributed by atoms with E-state index in [9.17, 15) is 8.42 Å². The van der Waals surface area contributed by atoms with Gasteiger partial charge in [0.15, 0.2) is 5.04 Å². The molecule has 0 bridgehead atoms. The van der Waals surface area contributed by atoms with Crippen molar-refractivity contribution in [1.29, 1.82) is 5.41 Å². The smallest absolute Gasteiger partial charge is 0.223 e. The number of rotatable bonds is 5. The van der Waals surface area contributed by atoms with Crippen molar-refractivity contribution < 1.29 is 13.2 Å². The van der Waals surface area contributed by atoms with Gasteiger partial charge in [-0.1, -0.05) is 18.2 Å². The summed E-state index contributed by atoms with van der Waals surface area (Å²) >= 11 is 0. The van der Waals surface area contributed by atoms with Crippen LogP contribution in [-0.4, -0.2) is 26.6 Å². The molecule has 0 aliphatic heterocycles. The van der Waals surface area contributed by atoms with Crippen molar-refractivity contribution in [3.05, 3.63) is 54.1 Å². The molecule has 5 N–H and O–H groups in total. The molecular formula is C15H17N3O3S. The molecular weight excluding hydrogens is 302 g/mol. The normalized spacial score (nSPS) is 11.1. The van der Waals surface area contributed by atoms with Gasteiger partial charge in [0.2, 0.25) is 9.84 Å². The lowest BCUT2D eigenvalue weighted by Gasteiger charge is -2.11. The third-order valence-electron chi connectivity index (χ3n) is 2.98. The summed E-state index contributed by atoms with van der Waals surface area (Å²) in [6.07, 6.45) is 0. The van der Waals surface area contributed by atoms with Gasteiger partial charge in [-0.3, -0.25) is 5.41 Å². The van der Waals surface area contributed by atoms with Crippen molar-refractivity contribution in [1.82, 2.24) is 0 Å². The Kier molecular flexibility index (Phi) is 4.79. The predicted molar refractivity (Wildman–Crippen MR) is 85.9 cm³/mol. The summed E-state index contributed by atoms with van der Waals surface area (Å²) in [5.74, 6) is 0.419. The van der Waals surface area contributed by atoms with Crippen molar-refractivity contribution in [2.45, 2.75) is 4.90 Å². The zero-order chi connectivity index (χ0) is 16.2. The fourth-order valence-corrected chi connectivity index (χ4v) is 3.08. The lowest BCUT2D eigenvalue weighted by atomic mass is 10.2. The first kappa shape index (κ1) is 16.0. The molecule has 0 unspecified atom stereocenters. The number of nitrogens with one attached hydrogen (secondary N) is 1. The lowest BCUT2D eigenvalue weighted by molar-refractivity contribution is 0.328. The first-order chi connectivity index (χ1) is 10.5. The molecule has 2 rings (SSSR count). The number of anilines is 1. The molecule has 22 heavy (non-hydrogen) atoms. The summed E-state index contributed by atoms with van der Waals surface area (Å²) in [6, 6.07) is 12.3. The van der Waals surface area contributed by atoms with Crippen LogP contribution in [0.2, 0.25) is 0 Å². The second-order valence-electron chi connectivity index (χ2n) is 4.53. The number of ether oxygens (including phenoxy) is 1. The largest absolute Gasteiger partial charge is 0.492 e. The fraction of sp³-hybridized carbons (Fsp3) is 0.133. The van der Waals surface area contributed by atoms with Crippen LogP contribution in [0.4, 0.5) is 5.69 Å². The van der Waals surface area contributed by atoms with Gasteiger partial charge >= 0.3 is 0 Å². The summed E-state index contributed by atoms with van der Waals surface area (Å²) in [4.78, 5) is 0.0488. The Morgan fingerprint density at radius 3 is 2.45 bits per heavy atom. The van der Waals surface area contributed by atoms with Gasteiger partial charge in [-0.2, -0.15) is 0 Å². The molecule has 0 aromatic heterocycles. The van der Waals surface area contributed by atoms with Gasteiger partial charge in [0.25, 0.3) is 0 Å².